The molecule has 1 unspecified atom stereocenters. The van der Waals surface area contributed by atoms with E-state index in [1.54, 1.807) is 6.92 Å². The summed E-state index contributed by atoms with van der Waals surface area (Å²) in [5, 5.41) is 5.46. The van der Waals surface area contributed by atoms with Crippen molar-refractivity contribution in [1.29, 1.82) is 0 Å². The first-order valence-corrected chi connectivity index (χ1v) is 10.1. The molecule has 0 radical (unpaired) electrons. The normalized spacial score (nSPS) is 21.4. The Bertz CT molecular complexity index is 1180. The van der Waals surface area contributed by atoms with Crippen molar-refractivity contribution in [2.24, 2.45) is 0 Å². The zero-order valence-corrected chi connectivity index (χ0v) is 16.1. The number of amides is 3. The van der Waals surface area contributed by atoms with Gasteiger partial charge in [-0.2, -0.15) is 0 Å². The van der Waals surface area contributed by atoms with Gasteiger partial charge in [-0.15, -0.1) is 11.3 Å². The number of hydrogen-bond donors (Lipinski definition) is 1. The molecule has 1 fully saturated rings. The Morgan fingerprint density at radius 2 is 1.96 bits per heavy atom. The van der Waals surface area contributed by atoms with E-state index in [9.17, 15) is 14.4 Å². The van der Waals surface area contributed by atoms with Crippen molar-refractivity contribution in [3.8, 4) is 0 Å². The molecule has 1 aliphatic heterocycles. The summed E-state index contributed by atoms with van der Waals surface area (Å²) >= 11 is 1.42. The van der Waals surface area contributed by atoms with E-state index in [0.717, 1.165) is 29.5 Å². The quantitative estimate of drug-likeness (QED) is 0.546. The van der Waals surface area contributed by atoms with E-state index in [1.807, 2.05) is 29.6 Å². The first-order valence-electron chi connectivity index (χ1n) is 9.22. The van der Waals surface area contributed by atoms with Crippen LogP contribution in [-0.4, -0.2) is 16.8 Å². The lowest BCUT2D eigenvalue weighted by Gasteiger charge is -2.20. The van der Waals surface area contributed by atoms with Crippen molar-refractivity contribution in [2.45, 2.75) is 38.3 Å². The summed E-state index contributed by atoms with van der Waals surface area (Å²) in [6.45, 7) is 1.75. The second kappa shape index (κ2) is 6.04. The Morgan fingerprint density at radius 1 is 1.18 bits per heavy atom. The number of carbonyl (C=O) groups excluding carboxylic acids is 2. The summed E-state index contributed by atoms with van der Waals surface area (Å²) in [5.74, 6) is -0.317. The maximum atomic E-state index is 13.1. The molecule has 1 atom stereocenters. The fourth-order valence-corrected chi connectivity index (χ4v) is 5.00. The standard InChI is InChI=1S/C21H18N2O4S/c1-21(17-6-3-7-28-17)19(25)23(20(26)22-21)11-14-10-18(24)27-16-9-13-5-2-4-12(13)8-15(14)16/h3,6-10H,2,4-5,11H2,1H3,(H,22,26). The van der Waals surface area contributed by atoms with Crippen LogP contribution in [0.3, 0.4) is 0 Å². The molecule has 1 aromatic carbocycles. The lowest BCUT2D eigenvalue weighted by atomic mass is 10.00. The van der Waals surface area contributed by atoms with Gasteiger partial charge in [-0.3, -0.25) is 9.69 Å². The van der Waals surface area contributed by atoms with Gasteiger partial charge in [0.25, 0.3) is 5.91 Å². The molecule has 0 bridgehead atoms. The summed E-state index contributed by atoms with van der Waals surface area (Å²) in [7, 11) is 0. The number of aryl methyl sites for hydroxylation is 2. The van der Waals surface area contributed by atoms with Crippen molar-refractivity contribution >= 4 is 34.2 Å². The molecule has 142 valence electrons. The van der Waals surface area contributed by atoms with E-state index in [-0.39, 0.29) is 12.5 Å². The zero-order chi connectivity index (χ0) is 19.5. The summed E-state index contributed by atoms with van der Waals surface area (Å²) in [6.07, 6.45) is 3.05. The molecule has 3 heterocycles. The number of imide groups is 1. The maximum absolute atomic E-state index is 13.1. The van der Waals surface area contributed by atoms with Crippen molar-refractivity contribution in [3.05, 3.63) is 67.7 Å². The molecule has 2 aliphatic rings. The molecule has 3 aromatic rings. The molecule has 3 amide bonds. The molecule has 7 heteroatoms. The topological polar surface area (TPSA) is 79.6 Å². The van der Waals surface area contributed by atoms with Crippen LogP contribution >= 0.6 is 11.3 Å². The Hall–Kier alpha value is -2.93. The van der Waals surface area contributed by atoms with Gasteiger partial charge >= 0.3 is 11.7 Å². The fourth-order valence-electron chi connectivity index (χ4n) is 4.17. The monoisotopic (exact) mass is 394 g/mol. The minimum atomic E-state index is -1.08. The van der Waals surface area contributed by atoms with Crippen molar-refractivity contribution in [2.75, 3.05) is 0 Å². The van der Waals surface area contributed by atoms with Crippen LogP contribution in [0.25, 0.3) is 11.0 Å². The molecule has 1 saturated heterocycles. The van der Waals surface area contributed by atoms with Gasteiger partial charge in [0.2, 0.25) is 0 Å². The van der Waals surface area contributed by atoms with E-state index in [4.69, 9.17) is 4.42 Å². The number of rotatable bonds is 3. The van der Waals surface area contributed by atoms with Crippen LogP contribution < -0.4 is 10.9 Å². The molecule has 2 aromatic heterocycles. The molecule has 1 aliphatic carbocycles. The number of benzene rings is 1. The van der Waals surface area contributed by atoms with Gasteiger partial charge in [0.15, 0.2) is 5.54 Å². The summed E-state index contributed by atoms with van der Waals surface area (Å²) in [5.41, 5.74) is 2.02. The largest absolute Gasteiger partial charge is 0.423 e. The Balaban J connectivity index is 1.56. The van der Waals surface area contributed by atoms with Gasteiger partial charge in [0, 0.05) is 16.3 Å². The van der Waals surface area contributed by atoms with Crippen LogP contribution in [0.5, 0.6) is 0 Å². The number of nitrogens with one attached hydrogen (secondary N) is 1. The molecule has 28 heavy (non-hydrogen) atoms. The third kappa shape index (κ3) is 2.50. The number of nitrogens with zero attached hydrogens (tertiary/aromatic N) is 1. The van der Waals surface area contributed by atoms with E-state index in [1.165, 1.54) is 33.4 Å². The lowest BCUT2D eigenvalue weighted by Crippen LogP contribution is -2.40. The number of fused-ring (bicyclic) bond motifs is 2. The van der Waals surface area contributed by atoms with Crippen molar-refractivity contribution < 1.29 is 14.0 Å². The highest BCUT2D eigenvalue weighted by molar-refractivity contribution is 7.10. The van der Waals surface area contributed by atoms with Crippen LogP contribution in [0.2, 0.25) is 0 Å². The van der Waals surface area contributed by atoms with Crippen molar-refractivity contribution in [3.63, 3.8) is 0 Å². The highest BCUT2D eigenvalue weighted by atomic mass is 32.1. The predicted octanol–water partition coefficient (Wildman–Crippen LogP) is 3.31. The molecular weight excluding hydrogens is 376 g/mol. The number of carbonyl (C=O) groups is 2. The first kappa shape index (κ1) is 17.2. The van der Waals surface area contributed by atoms with Gasteiger partial charge in [0.1, 0.15) is 5.58 Å². The average molecular weight is 394 g/mol. The molecule has 6 nitrogen and oxygen atoms in total. The molecule has 0 saturated carbocycles. The van der Waals surface area contributed by atoms with Gasteiger partial charge in [-0.1, -0.05) is 6.07 Å². The third-order valence-corrected chi connectivity index (χ3v) is 6.75. The minimum Gasteiger partial charge on any atom is -0.423 e. The number of urea groups is 1. The van der Waals surface area contributed by atoms with Crippen LogP contribution in [-0.2, 0) is 29.7 Å². The van der Waals surface area contributed by atoms with Crippen LogP contribution in [0.15, 0.2) is 44.9 Å². The lowest BCUT2D eigenvalue weighted by molar-refractivity contribution is -0.131. The van der Waals surface area contributed by atoms with E-state index in [0.29, 0.717) is 11.1 Å². The summed E-state index contributed by atoms with van der Waals surface area (Å²) in [4.78, 5) is 39.8. The smallest absolute Gasteiger partial charge is 0.336 e. The molecule has 5 rings (SSSR count). The van der Waals surface area contributed by atoms with E-state index >= 15 is 0 Å². The second-order valence-electron chi connectivity index (χ2n) is 7.49. The number of hydrogen-bond acceptors (Lipinski definition) is 5. The predicted molar refractivity (Wildman–Crippen MR) is 105 cm³/mol. The second-order valence-corrected chi connectivity index (χ2v) is 8.43. The van der Waals surface area contributed by atoms with Gasteiger partial charge < -0.3 is 9.73 Å². The minimum absolute atomic E-state index is 0.0342. The Labute approximate surface area is 164 Å². The Morgan fingerprint density at radius 3 is 2.71 bits per heavy atom. The van der Waals surface area contributed by atoms with Crippen molar-refractivity contribution in [1.82, 2.24) is 10.2 Å². The highest BCUT2D eigenvalue weighted by Crippen LogP contribution is 2.34. The number of thiophene rings is 1. The maximum Gasteiger partial charge on any atom is 0.336 e. The van der Waals surface area contributed by atoms with Gasteiger partial charge in [-0.05, 0) is 66.5 Å². The van der Waals surface area contributed by atoms with Crippen LogP contribution in [0, 0.1) is 0 Å². The first-order chi connectivity index (χ1) is 13.5. The van der Waals surface area contributed by atoms with E-state index in [2.05, 4.69) is 5.32 Å². The fraction of sp³-hybridized carbons (Fsp3) is 0.286. The Kier molecular flexibility index (Phi) is 3.71. The average Bonchev–Trinajstić information content (AvgIpc) is 3.38. The van der Waals surface area contributed by atoms with Gasteiger partial charge in [-0.25, -0.2) is 9.59 Å². The molecular formula is C21H18N2O4S. The highest BCUT2D eigenvalue weighted by Gasteiger charge is 2.49. The third-order valence-electron chi connectivity index (χ3n) is 5.66. The molecule has 1 N–H and O–H groups in total. The van der Waals surface area contributed by atoms with Crippen LogP contribution in [0.1, 0.15) is 34.9 Å². The SMILES string of the molecule is CC1(c2cccs2)NC(=O)N(Cc2cc(=O)oc3cc4c(cc23)CCC4)C1=O. The zero-order valence-electron chi connectivity index (χ0n) is 15.3. The van der Waals surface area contributed by atoms with E-state index < -0.39 is 17.2 Å². The summed E-state index contributed by atoms with van der Waals surface area (Å²) < 4.78 is 5.39. The summed E-state index contributed by atoms with van der Waals surface area (Å²) in [6, 6.07) is 8.57. The molecule has 0 spiro atoms. The van der Waals surface area contributed by atoms with Gasteiger partial charge in [0.05, 0.1) is 6.54 Å². The van der Waals surface area contributed by atoms with Crippen LogP contribution in [0.4, 0.5) is 4.79 Å².